The summed E-state index contributed by atoms with van der Waals surface area (Å²) in [5.41, 5.74) is 4.78. The zero-order chi connectivity index (χ0) is 22.8. The van der Waals surface area contributed by atoms with E-state index in [1.54, 1.807) is 11.1 Å². The van der Waals surface area contributed by atoms with Gasteiger partial charge in [-0.05, 0) is 68.7 Å². The molecule has 3 heterocycles. The average Bonchev–Trinajstić information content (AvgIpc) is 2.88. The van der Waals surface area contributed by atoms with Crippen molar-refractivity contribution < 1.29 is 14.3 Å². The Balaban J connectivity index is 1.29. The predicted octanol–water partition coefficient (Wildman–Crippen LogP) is 3.16. The molecule has 1 aliphatic carbocycles. The summed E-state index contributed by atoms with van der Waals surface area (Å²) < 4.78 is 5.35. The number of benzene rings is 1. The van der Waals surface area contributed by atoms with E-state index in [9.17, 15) is 9.59 Å². The fraction of sp³-hybridized carbons (Fsp3) is 0.538. The van der Waals surface area contributed by atoms with E-state index in [-0.39, 0.29) is 17.7 Å². The highest BCUT2D eigenvalue weighted by atomic mass is 16.5. The first kappa shape index (κ1) is 22.0. The number of nitrogens with zero attached hydrogens (tertiary/aromatic N) is 4. The van der Waals surface area contributed by atoms with Crippen LogP contribution in [0.15, 0.2) is 24.4 Å². The number of ether oxygens (including phenoxy) is 1. The summed E-state index contributed by atoms with van der Waals surface area (Å²) in [7, 11) is 0. The Morgan fingerprint density at radius 3 is 2.55 bits per heavy atom. The molecule has 0 saturated carbocycles. The highest BCUT2D eigenvalue weighted by molar-refractivity contribution is 5.95. The number of carbonyl (C=O) groups is 2. The number of likely N-dealkylation sites (tertiary alicyclic amines) is 1. The average molecular weight is 449 g/mol. The number of aromatic nitrogens is 2. The molecular formula is C26H32N4O3. The zero-order valence-corrected chi connectivity index (χ0v) is 19.4. The van der Waals surface area contributed by atoms with Crippen LogP contribution in [-0.2, 0) is 17.6 Å². The molecule has 5 rings (SSSR count). The number of hydrogen-bond donors (Lipinski definition) is 0. The lowest BCUT2D eigenvalue weighted by atomic mass is 9.90. The van der Waals surface area contributed by atoms with Gasteiger partial charge in [0.1, 0.15) is 5.82 Å². The van der Waals surface area contributed by atoms with Gasteiger partial charge in [0, 0.05) is 43.9 Å². The molecular weight excluding hydrogens is 416 g/mol. The van der Waals surface area contributed by atoms with Crippen LogP contribution in [-0.4, -0.2) is 71.0 Å². The minimum Gasteiger partial charge on any atom is -0.378 e. The van der Waals surface area contributed by atoms with Gasteiger partial charge in [0.15, 0.2) is 0 Å². The van der Waals surface area contributed by atoms with Gasteiger partial charge < -0.3 is 14.5 Å². The fourth-order valence-corrected chi connectivity index (χ4v) is 5.25. The molecule has 0 bridgehead atoms. The summed E-state index contributed by atoms with van der Waals surface area (Å²) in [5.74, 6) is 0.889. The largest absolute Gasteiger partial charge is 0.378 e. The van der Waals surface area contributed by atoms with E-state index in [0.29, 0.717) is 44.1 Å². The second-order valence-corrected chi connectivity index (χ2v) is 9.41. The zero-order valence-electron chi connectivity index (χ0n) is 19.4. The van der Waals surface area contributed by atoms with Gasteiger partial charge in [-0.15, -0.1) is 0 Å². The smallest absolute Gasteiger partial charge is 0.257 e. The van der Waals surface area contributed by atoms with Crippen LogP contribution in [0.1, 0.15) is 75.0 Å². The minimum absolute atomic E-state index is 0.0322. The molecule has 2 fully saturated rings. The van der Waals surface area contributed by atoms with Crippen molar-refractivity contribution in [2.75, 3.05) is 39.4 Å². The van der Waals surface area contributed by atoms with Crippen molar-refractivity contribution in [3.63, 3.8) is 0 Å². The molecule has 174 valence electrons. The summed E-state index contributed by atoms with van der Waals surface area (Å²) in [6, 6.07) is 6.23. The second-order valence-electron chi connectivity index (χ2n) is 9.41. The third-order valence-corrected chi connectivity index (χ3v) is 7.20. The maximum Gasteiger partial charge on any atom is 0.257 e. The van der Waals surface area contributed by atoms with Crippen LogP contribution in [0.5, 0.6) is 0 Å². The number of fused-ring (bicyclic) bond motifs is 1. The molecule has 1 aromatic carbocycles. The van der Waals surface area contributed by atoms with Crippen LogP contribution in [0.25, 0.3) is 0 Å². The minimum atomic E-state index is -0.0322. The number of amides is 2. The van der Waals surface area contributed by atoms with Crippen LogP contribution in [0, 0.1) is 6.92 Å². The fourth-order valence-electron chi connectivity index (χ4n) is 5.25. The van der Waals surface area contributed by atoms with Gasteiger partial charge in [-0.2, -0.15) is 0 Å². The molecule has 2 aromatic rings. The van der Waals surface area contributed by atoms with Gasteiger partial charge in [-0.3, -0.25) is 9.59 Å². The number of carbonyl (C=O) groups excluding carboxylic acids is 2. The maximum atomic E-state index is 13.3. The Labute approximate surface area is 195 Å². The maximum absolute atomic E-state index is 13.3. The summed E-state index contributed by atoms with van der Waals surface area (Å²) >= 11 is 0. The van der Waals surface area contributed by atoms with Crippen LogP contribution >= 0.6 is 0 Å². The highest BCUT2D eigenvalue weighted by Crippen LogP contribution is 2.28. The van der Waals surface area contributed by atoms with E-state index < -0.39 is 0 Å². The van der Waals surface area contributed by atoms with Crippen molar-refractivity contribution in [1.82, 2.24) is 19.8 Å². The third kappa shape index (κ3) is 4.64. The van der Waals surface area contributed by atoms with Gasteiger partial charge in [-0.1, -0.05) is 6.07 Å². The van der Waals surface area contributed by atoms with Crippen molar-refractivity contribution in [3.8, 4) is 0 Å². The van der Waals surface area contributed by atoms with Crippen molar-refractivity contribution in [2.45, 2.75) is 51.4 Å². The van der Waals surface area contributed by atoms with Crippen LogP contribution in [0.2, 0.25) is 0 Å². The lowest BCUT2D eigenvalue weighted by Gasteiger charge is -2.32. The number of piperidine rings is 1. The van der Waals surface area contributed by atoms with Crippen molar-refractivity contribution in [1.29, 1.82) is 0 Å². The van der Waals surface area contributed by atoms with Gasteiger partial charge in [-0.25, -0.2) is 9.97 Å². The first-order valence-electron chi connectivity index (χ1n) is 12.2. The molecule has 1 atom stereocenters. The molecule has 2 amide bonds. The monoisotopic (exact) mass is 448 g/mol. The number of aryl methyl sites for hydroxylation is 3. The quantitative estimate of drug-likeness (QED) is 0.721. The number of rotatable bonds is 3. The highest BCUT2D eigenvalue weighted by Gasteiger charge is 2.29. The van der Waals surface area contributed by atoms with E-state index in [1.165, 1.54) is 24.0 Å². The Bertz CT molecular complexity index is 1050. The Morgan fingerprint density at radius 1 is 0.970 bits per heavy atom. The molecule has 1 unspecified atom stereocenters. The molecule has 33 heavy (non-hydrogen) atoms. The van der Waals surface area contributed by atoms with Crippen LogP contribution in [0.3, 0.4) is 0 Å². The molecule has 0 radical (unpaired) electrons. The summed E-state index contributed by atoms with van der Waals surface area (Å²) in [6.07, 6.45) is 8.18. The van der Waals surface area contributed by atoms with Gasteiger partial charge >= 0.3 is 0 Å². The number of morpholine rings is 1. The molecule has 7 nitrogen and oxygen atoms in total. The Hall–Kier alpha value is -2.80. The molecule has 0 N–H and O–H groups in total. The van der Waals surface area contributed by atoms with Crippen molar-refractivity contribution in [3.05, 3.63) is 58.2 Å². The van der Waals surface area contributed by atoms with E-state index in [0.717, 1.165) is 43.6 Å². The van der Waals surface area contributed by atoms with Gasteiger partial charge in [0.2, 0.25) is 0 Å². The van der Waals surface area contributed by atoms with Crippen molar-refractivity contribution >= 4 is 11.8 Å². The van der Waals surface area contributed by atoms with Crippen LogP contribution < -0.4 is 0 Å². The molecule has 2 aliphatic heterocycles. The topological polar surface area (TPSA) is 75.6 Å². The normalized spacial score (nSPS) is 20.9. The Morgan fingerprint density at radius 2 is 1.76 bits per heavy atom. The predicted molar refractivity (Wildman–Crippen MR) is 124 cm³/mol. The van der Waals surface area contributed by atoms with Crippen LogP contribution in [0.4, 0.5) is 0 Å². The van der Waals surface area contributed by atoms with Crippen molar-refractivity contribution in [2.24, 2.45) is 0 Å². The van der Waals surface area contributed by atoms with Gasteiger partial charge in [0.25, 0.3) is 11.8 Å². The third-order valence-electron chi connectivity index (χ3n) is 7.20. The lowest BCUT2D eigenvalue weighted by molar-refractivity contribution is 0.0301. The van der Waals surface area contributed by atoms with E-state index in [1.807, 2.05) is 17.9 Å². The van der Waals surface area contributed by atoms with E-state index >= 15 is 0 Å². The molecule has 3 aliphatic rings. The standard InChI is InChI=1S/C26H32N4O3/c1-18-23(26(32)29-11-13-33-14-12-29)16-27-24(28-18)22-7-4-10-30(17-22)25(31)21-9-8-19-5-2-3-6-20(19)15-21/h8-9,15-16,22H,2-7,10-14,17H2,1H3. The number of hydrogen-bond acceptors (Lipinski definition) is 5. The first-order valence-corrected chi connectivity index (χ1v) is 12.2. The van der Waals surface area contributed by atoms with Gasteiger partial charge in [0.05, 0.1) is 24.5 Å². The first-order chi connectivity index (χ1) is 16.1. The van der Waals surface area contributed by atoms with E-state index in [4.69, 9.17) is 9.72 Å². The summed E-state index contributed by atoms with van der Waals surface area (Å²) in [4.78, 5) is 39.2. The summed E-state index contributed by atoms with van der Waals surface area (Å²) in [6.45, 7) is 5.59. The SMILES string of the molecule is Cc1nc(C2CCCN(C(=O)c3ccc4c(c3)CCCC4)C2)ncc1C(=O)N1CCOCC1. The Kier molecular flexibility index (Phi) is 6.40. The van der Waals surface area contributed by atoms with E-state index in [2.05, 4.69) is 17.1 Å². The molecule has 2 saturated heterocycles. The second kappa shape index (κ2) is 9.59. The summed E-state index contributed by atoms with van der Waals surface area (Å²) in [5, 5.41) is 0. The molecule has 0 spiro atoms. The molecule has 7 heteroatoms. The molecule has 1 aromatic heterocycles. The lowest BCUT2D eigenvalue weighted by Crippen LogP contribution is -2.41.